The summed E-state index contributed by atoms with van der Waals surface area (Å²) in [4.78, 5) is 33.9. The number of hydrogen-bond donors (Lipinski definition) is 4. The first kappa shape index (κ1) is 51.7. The van der Waals surface area contributed by atoms with Gasteiger partial charge in [-0.15, -0.1) is 35.6 Å². The molecule has 358 valence electrons. The van der Waals surface area contributed by atoms with Gasteiger partial charge in [0, 0.05) is 94.2 Å². The number of aliphatic carboxylic acids is 1. The number of nitrogens with zero attached hydrogens (tertiary/aromatic N) is 3. The van der Waals surface area contributed by atoms with Crippen LogP contribution in [0.15, 0.2) is 122 Å². The number of amides is 1. The van der Waals surface area contributed by atoms with Gasteiger partial charge in [0.1, 0.15) is 0 Å². The highest BCUT2D eigenvalue weighted by atomic mass is 32.3. The van der Waals surface area contributed by atoms with Crippen molar-refractivity contribution in [3.05, 3.63) is 119 Å². The minimum Gasteiger partial charge on any atom is -0.481 e. The Labute approximate surface area is 405 Å². The molecule has 0 bridgehead atoms. The van der Waals surface area contributed by atoms with Gasteiger partial charge in [-0.05, 0) is 139 Å². The Morgan fingerprint density at radius 1 is 0.779 bits per heavy atom. The molecular formula is C53H60N3O9S3+. The van der Waals surface area contributed by atoms with Crippen LogP contribution >= 0.6 is 10.9 Å². The van der Waals surface area contributed by atoms with Crippen molar-refractivity contribution in [1.29, 1.82) is 0 Å². The average molecular weight is 979 g/mol. The number of carboxylic acid groups (broad SMARTS) is 1. The van der Waals surface area contributed by atoms with E-state index in [2.05, 4.69) is 78.6 Å². The molecule has 12 nitrogen and oxygen atoms in total. The number of carbonyl (C=O) groups excluding carboxylic acids is 1. The van der Waals surface area contributed by atoms with Crippen molar-refractivity contribution in [2.45, 2.75) is 125 Å². The van der Waals surface area contributed by atoms with E-state index in [0.717, 1.165) is 99.7 Å². The molecule has 2 aromatic carbocycles. The second kappa shape index (κ2) is 21.8. The summed E-state index contributed by atoms with van der Waals surface area (Å²) in [6, 6.07) is 9.65. The van der Waals surface area contributed by atoms with E-state index in [1.54, 1.807) is 47.4 Å². The Morgan fingerprint density at radius 2 is 1.31 bits per heavy atom. The number of allylic oxidation sites excluding steroid dienone is 12. The summed E-state index contributed by atoms with van der Waals surface area (Å²) in [5, 5.41) is 8.98. The second-order valence-corrected chi connectivity index (χ2v) is 22.2. The molecule has 0 radical (unpaired) electrons. The SMILES string of the molecule is C#CCCCCN1/C(=C/C=C2/CCC/C(=C/C=C3/N(CCCCC#C)c4ccc([S+](=O)(O)O)cc4C3(C)C)C2=S=C2C=CC(=NC(=O)CCCC(=O)O)C=C2)C(C)(C)c2cc(S(=O)(=O)O)ccc21. The maximum Gasteiger partial charge on any atom is 0.386 e. The maximum absolute atomic E-state index is 12.5. The molecule has 1 saturated carbocycles. The largest absolute Gasteiger partial charge is 0.481 e. The van der Waals surface area contributed by atoms with Gasteiger partial charge >= 0.3 is 16.5 Å². The Kier molecular flexibility index (Phi) is 16.6. The molecule has 68 heavy (non-hydrogen) atoms. The first-order chi connectivity index (χ1) is 32.2. The molecule has 0 unspecified atom stereocenters. The molecule has 2 aliphatic carbocycles. The molecule has 0 aromatic heterocycles. The normalized spacial score (nSPS) is 19.7. The van der Waals surface area contributed by atoms with Gasteiger partial charge in [0.2, 0.25) is 10.8 Å². The fourth-order valence-electron chi connectivity index (χ4n) is 9.12. The Balaban J connectivity index is 1.48. The van der Waals surface area contributed by atoms with Crippen molar-refractivity contribution < 1.29 is 41.0 Å². The molecule has 0 saturated heterocycles. The van der Waals surface area contributed by atoms with E-state index >= 15 is 0 Å². The number of terminal acetylenes is 2. The monoisotopic (exact) mass is 978 g/mol. The van der Waals surface area contributed by atoms with Crippen molar-refractivity contribution in [1.82, 2.24) is 0 Å². The molecule has 4 aliphatic rings. The molecule has 1 amide bonds. The molecule has 15 heteroatoms. The molecule has 2 heterocycles. The highest BCUT2D eigenvalue weighted by Gasteiger charge is 2.43. The van der Waals surface area contributed by atoms with Crippen LogP contribution in [0.25, 0.3) is 0 Å². The zero-order valence-electron chi connectivity index (χ0n) is 39.0. The van der Waals surface area contributed by atoms with Crippen LogP contribution in [-0.4, -0.2) is 67.6 Å². The van der Waals surface area contributed by atoms with Crippen LogP contribution in [0.2, 0.25) is 0 Å². The van der Waals surface area contributed by atoms with Gasteiger partial charge in [-0.25, -0.2) is 4.99 Å². The average Bonchev–Trinajstić information content (AvgIpc) is 3.62. The number of aliphatic imine (C=N–C) groups is 1. The zero-order valence-corrected chi connectivity index (χ0v) is 41.5. The van der Waals surface area contributed by atoms with Gasteiger partial charge in [-0.2, -0.15) is 17.5 Å². The standard InChI is InChI=1S/C53H59N3O9S3/c1-7-9-11-13-33-55-45-29-27-41(67(60,61)62)35-43(45)52(3,4)47(55)31-21-37-17-15-18-38(51(37)66-40-25-23-39(24-26-40)54-49(57)19-16-20-50(58)59)22-32-48-53(5,6)44-36-42(68(63,64)65)28-30-46(44)56(48)34-14-12-10-8-2/h1-2,21-32,35-36H,9-20,33-34H2,3-6H3,(H3-,58,59,60,61,62,63,64,65)/p+1/b37-21-,38-22-,47-31+,48-32+. The predicted molar refractivity (Wildman–Crippen MR) is 276 cm³/mol. The van der Waals surface area contributed by atoms with Gasteiger partial charge in [0.05, 0.1) is 10.6 Å². The third-order valence-electron chi connectivity index (χ3n) is 12.7. The van der Waals surface area contributed by atoms with Crippen molar-refractivity contribution in [3.8, 4) is 24.7 Å². The van der Waals surface area contributed by atoms with Crippen LogP contribution in [-0.2, 0) is 45.2 Å². The van der Waals surface area contributed by atoms with Crippen molar-refractivity contribution in [3.63, 3.8) is 0 Å². The number of anilines is 2. The number of benzene rings is 2. The fourth-order valence-corrected chi connectivity index (χ4v) is 11.3. The number of fused-ring (bicyclic) bond motifs is 2. The van der Waals surface area contributed by atoms with Crippen LogP contribution in [0.5, 0.6) is 0 Å². The van der Waals surface area contributed by atoms with Gasteiger partial charge in [-0.1, -0.05) is 39.8 Å². The third-order valence-corrected chi connectivity index (χ3v) is 15.6. The second-order valence-electron chi connectivity index (χ2n) is 18.2. The van der Waals surface area contributed by atoms with Crippen LogP contribution in [0, 0.1) is 24.7 Å². The first-order valence-electron chi connectivity index (χ1n) is 22.8. The summed E-state index contributed by atoms with van der Waals surface area (Å²) in [5.41, 5.74) is 6.70. The van der Waals surface area contributed by atoms with Gasteiger partial charge in [0.15, 0.2) is 0 Å². The van der Waals surface area contributed by atoms with Gasteiger partial charge < -0.3 is 14.9 Å². The molecule has 2 aliphatic heterocycles. The van der Waals surface area contributed by atoms with Gasteiger partial charge in [-0.3, -0.25) is 14.1 Å². The summed E-state index contributed by atoms with van der Waals surface area (Å²) in [7, 11) is -7.05. The lowest BCUT2D eigenvalue weighted by Gasteiger charge is -2.28. The third kappa shape index (κ3) is 12.1. The summed E-state index contributed by atoms with van der Waals surface area (Å²) in [5.74, 6) is 4.09. The summed E-state index contributed by atoms with van der Waals surface area (Å²) in [6.07, 6.45) is 34.2. The number of carboxylic acids is 1. The molecular weight excluding hydrogens is 919 g/mol. The molecule has 0 atom stereocenters. The van der Waals surface area contributed by atoms with E-state index in [1.807, 2.05) is 12.2 Å². The van der Waals surface area contributed by atoms with E-state index in [1.165, 1.54) is 12.1 Å². The number of carbonyl (C=O) groups is 2. The Hall–Kier alpha value is -5.65. The minimum atomic E-state index is -4.45. The van der Waals surface area contributed by atoms with Crippen LogP contribution in [0.4, 0.5) is 11.4 Å². The fraction of sp³-hybridized carbons (Fsp3) is 0.377. The molecule has 4 N–H and O–H groups in total. The summed E-state index contributed by atoms with van der Waals surface area (Å²) < 4.78 is 67.2. The van der Waals surface area contributed by atoms with Gasteiger partial charge in [0.25, 0.3) is 10.1 Å². The highest BCUT2D eigenvalue weighted by Crippen LogP contribution is 2.50. The maximum atomic E-state index is 12.5. The summed E-state index contributed by atoms with van der Waals surface area (Å²) in [6.45, 7) is 9.54. The van der Waals surface area contributed by atoms with Crippen LogP contribution < -0.4 is 9.80 Å². The smallest absolute Gasteiger partial charge is 0.386 e. The lowest BCUT2D eigenvalue weighted by Crippen LogP contribution is -2.27. The van der Waals surface area contributed by atoms with E-state index in [-0.39, 0.29) is 35.0 Å². The molecule has 6 rings (SSSR count). The quantitative estimate of drug-likeness (QED) is 0.0313. The van der Waals surface area contributed by atoms with Crippen molar-refractivity contribution in [2.75, 3.05) is 22.9 Å². The van der Waals surface area contributed by atoms with E-state index < -0.39 is 37.4 Å². The zero-order chi connectivity index (χ0) is 49.4. The summed E-state index contributed by atoms with van der Waals surface area (Å²) >= 11 is 0. The van der Waals surface area contributed by atoms with E-state index in [9.17, 15) is 35.9 Å². The minimum absolute atomic E-state index is 0.0364. The molecule has 2 aromatic rings. The van der Waals surface area contributed by atoms with Crippen LogP contribution in [0.1, 0.15) is 116 Å². The van der Waals surface area contributed by atoms with Crippen molar-refractivity contribution >= 4 is 70.2 Å². The molecule has 0 spiro atoms. The first-order valence-corrected chi connectivity index (χ1v) is 26.5. The number of unbranched alkanes of at least 4 members (excludes halogenated alkanes) is 4. The number of hydrogen-bond acceptors (Lipinski definition) is 7. The van der Waals surface area contributed by atoms with Crippen molar-refractivity contribution in [2.24, 2.45) is 4.99 Å². The Bertz CT molecular complexity index is 2890. The molecule has 1 fully saturated rings. The lowest BCUT2D eigenvalue weighted by molar-refractivity contribution is -0.137. The van der Waals surface area contributed by atoms with Crippen LogP contribution in [0.3, 0.4) is 0 Å². The topological polar surface area (TPSA) is 185 Å². The van der Waals surface area contributed by atoms with E-state index in [0.29, 0.717) is 31.6 Å². The number of rotatable bonds is 16. The van der Waals surface area contributed by atoms with E-state index in [4.69, 9.17) is 18.0 Å². The highest BCUT2D eigenvalue weighted by molar-refractivity contribution is 7.99. The predicted octanol–water partition coefficient (Wildman–Crippen LogP) is 10.5. The lowest BCUT2D eigenvalue weighted by atomic mass is 9.82. The Morgan fingerprint density at radius 3 is 1.81 bits per heavy atom.